The van der Waals surface area contributed by atoms with E-state index in [1.807, 2.05) is 0 Å². The SMILES string of the molecule is COC(=O)c1ccc(Nc2nc(Cl)ccc2F)cc1. The Morgan fingerprint density at radius 3 is 2.58 bits per heavy atom. The number of carbonyl (C=O) groups is 1. The van der Waals surface area contributed by atoms with Gasteiger partial charge in [-0.3, -0.25) is 0 Å². The number of ether oxygens (including phenoxy) is 1. The molecule has 0 bridgehead atoms. The second-order valence-corrected chi connectivity index (χ2v) is 4.05. The normalized spacial score (nSPS) is 10.1. The van der Waals surface area contributed by atoms with Crippen molar-refractivity contribution in [1.29, 1.82) is 0 Å². The number of rotatable bonds is 3. The number of anilines is 2. The summed E-state index contributed by atoms with van der Waals surface area (Å²) in [4.78, 5) is 15.1. The molecule has 98 valence electrons. The van der Waals surface area contributed by atoms with E-state index in [1.165, 1.54) is 19.2 Å². The number of nitrogens with one attached hydrogen (secondary N) is 1. The van der Waals surface area contributed by atoms with Crippen molar-refractivity contribution in [1.82, 2.24) is 4.98 Å². The highest BCUT2D eigenvalue weighted by Gasteiger charge is 2.07. The number of benzene rings is 1. The van der Waals surface area contributed by atoms with Crippen LogP contribution < -0.4 is 5.32 Å². The molecular formula is C13H10ClFN2O2. The lowest BCUT2D eigenvalue weighted by Gasteiger charge is -2.07. The van der Waals surface area contributed by atoms with Gasteiger partial charge >= 0.3 is 5.97 Å². The highest BCUT2D eigenvalue weighted by atomic mass is 35.5. The molecule has 4 nitrogen and oxygen atoms in total. The molecule has 1 aromatic carbocycles. The summed E-state index contributed by atoms with van der Waals surface area (Å²) in [5.74, 6) is -0.918. The molecule has 6 heteroatoms. The van der Waals surface area contributed by atoms with Crippen LogP contribution in [0.1, 0.15) is 10.4 Å². The van der Waals surface area contributed by atoms with Gasteiger partial charge in [-0.25, -0.2) is 14.2 Å². The molecule has 1 heterocycles. The average Bonchev–Trinajstić information content (AvgIpc) is 2.43. The average molecular weight is 281 g/mol. The number of hydrogen-bond acceptors (Lipinski definition) is 4. The minimum absolute atomic E-state index is 0.0262. The summed E-state index contributed by atoms with van der Waals surface area (Å²) < 4.78 is 18.0. The summed E-state index contributed by atoms with van der Waals surface area (Å²) in [6.07, 6.45) is 0. The van der Waals surface area contributed by atoms with Gasteiger partial charge in [0.25, 0.3) is 0 Å². The zero-order chi connectivity index (χ0) is 13.8. The Labute approximate surface area is 114 Å². The van der Waals surface area contributed by atoms with Crippen molar-refractivity contribution in [2.24, 2.45) is 0 Å². The smallest absolute Gasteiger partial charge is 0.337 e. The van der Waals surface area contributed by atoms with E-state index in [1.54, 1.807) is 24.3 Å². The molecule has 0 aliphatic heterocycles. The maximum Gasteiger partial charge on any atom is 0.337 e. The number of halogens is 2. The van der Waals surface area contributed by atoms with Crippen LogP contribution in [0, 0.1) is 5.82 Å². The third-order valence-electron chi connectivity index (χ3n) is 2.38. The summed E-state index contributed by atoms with van der Waals surface area (Å²) in [5, 5.41) is 2.96. The molecule has 0 amide bonds. The van der Waals surface area contributed by atoms with Gasteiger partial charge in [-0.05, 0) is 36.4 Å². The fourth-order valence-electron chi connectivity index (χ4n) is 1.45. The molecule has 1 N–H and O–H groups in total. The van der Waals surface area contributed by atoms with E-state index >= 15 is 0 Å². The number of pyridine rings is 1. The third-order valence-corrected chi connectivity index (χ3v) is 2.59. The molecule has 0 aliphatic rings. The van der Waals surface area contributed by atoms with Crippen molar-refractivity contribution in [3.63, 3.8) is 0 Å². The van der Waals surface area contributed by atoms with Gasteiger partial charge < -0.3 is 10.1 Å². The van der Waals surface area contributed by atoms with Crippen molar-refractivity contribution in [3.8, 4) is 0 Å². The predicted molar refractivity (Wildman–Crippen MR) is 70.3 cm³/mol. The fourth-order valence-corrected chi connectivity index (χ4v) is 1.60. The number of nitrogens with zero attached hydrogens (tertiary/aromatic N) is 1. The Bertz CT molecular complexity index is 602. The lowest BCUT2D eigenvalue weighted by atomic mass is 10.2. The number of esters is 1. The number of aromatic nitrogens is 1. The molecule has 0 spiro atoms. The van der Waals surface area contributed by atoms with Crippen LogP contribution in [0.3, 0.4) is 0 Å². The van der Waals surface area contributed by atoms with Crippen molar-refractivity contribution >= 4 is 29.1 Å². The lowest BCUT2D eigenvalue weighted by Crippen LogP contribution is -2.01. The van der Waals surface area contributed by atoms with Crippen LogP contribution in [0.4, 0.5) is 15.9 Å². The second-order valence-electron chi connectivity index (χ2n) is 3.66. The Kier molecular flexibility index (Phi) is 3.97. The summed E-state index contributed by atoms with van der Waals surface area (Å²) in [5.41, 5.74) is 0.994. The van der Waals surface area contributed by atoms with Gasteiger partial charge in [0, 0.05) is 5.69 Å². The summed E-state index contributed by atoms with van der Waals surface area (Å²) >= 11 is 5.69. The molecular weight excluding hydrogens is 271 g/mol. The van der Waals surface area contributed by atoms with Gasteiger partial charge in [-0.2, -0.15) is 0 Å². The Morgan fingerprint density at radius 1 is 1.26 bits per heavy atom. The Balaban J connectivity index is 2.19. The molecule has 1 aromatic heterocycles. The lowest BCUT2D eigenvalue weighted by molar-refractivity contribution is 0.0601. The summed E-state index contributed by atoms with van der Waals surface area (Å²) in [7, 11) is 1.31. The van der Waals surface area contributed by atoms with Crippen LogP contribution in [0.2, 0.25) is 5.15 Å². The van der Waals surface area contributed by atoms with Crippen molar-refractivity contribution in [2.75, 3.05) is 12.4 Å². The third kappa shape index (κ3) is 3.20. The Hall–Kier alpha value is -2.14. The largest absolute Gasteiger partial charge is 0.465 e. The molecule has 0 atom stereocenters. The standard InChI is InChI=1S/C13H10ClFN2O2/c1-19-13(18)8-2-4-9(5-3-8)16-12-10(15)6-7-11(14)17-12/h2-7H,1H3,(H,16,17). The zero-order valence-corrected chi connectivity index (χ0v) is 10.7. The van der Waals surface area contributed by atoms with Crippen LogP contribution in [0.15, 0.2) is 36.4 Å². The molecule has 0 saturated heterocycles. The van der Waals surface area contributed by atoms with Crippen LogP contribution in [-0.2, 0) is 4.74 Å². The number of carbonyl (C=O) groups excluding carboxylic acids is 1. The Morgan fingerprint density at radius 2 is 1.95 bits per heavy atom. The van der Waals surface area contributed by atoms with Gasteiger partial charge in [0.2, 0.25) is 0 Å². The number of methoxy groups -OCH3 is 1. The summed E-state index contributed by atoms with van der Waals surface area (Å²) in [6.45, 7) is 0. The van der Waals surface area contributed by atoms with E-state index in [0.29, 0.717) is 11.3 Å². The van der Waals surface area contributed by atoms with Crippen LogP contribution >= 0.6 is 11.6 Å². The molecule has 0 aliphatic carbocycles. The van der Waals surface area contributed by atoms with Gasteiger partial charge in [0.1, 0.15) is 5.15 Å². The molecule has 19 heavy (non-hydrogen) atoms. The predicted octanol–water partition coefficient (Wildman–Crippen LogP) is 3.40. The number of hydrogen-bond donors (Lipinski definition) is 1. The van der Waals surface area contributed by atoms with Gasteiger partial charge in [-0.15, -0.1) is 0 Å². The maximum absolute atomic E-state index is 13.5. The molecule has 2 rings (SSSR count). The highest BCUT2D eigenvalue weighted by molar-refractivity contribution is 6.29. The summed E-state index contributed by atoms with van der Waals surface area (Å²) in [6, 6.07) is 8.96. The second kappa shape index (κ2) is 5.67. The molecule has 0 fully saturated rings. The van der Waals surface area contributed by atoms with Gasteiger partial charge in [-0.1, -0.05) is 11.6 Å². The van der Waals surface area contributed by atoms with E-state index < -0.39 is 11.8 Å². The maximum atomic E-state index is 13.5. The molecule has 0 radical (unpaired) electrons. The first kappa shape index (κ1) is 13.3. The van der Waals surface area contributed by atoms with Crippen molar-refractivity contribution < 1.29 is 13.9 Å². The van der Waals surface area contributed by atoms with E-state index in [9.17, 15) is 9.18 Å². The van der Waals surface area contributed by atoms with Gasteiger partial charge in [0.05, 0.1) is 12.7 Å². The van der Waals surface area contributed by atoms with Crippen LogP contribution in [0.5, 0.6) is 0 Å². The molecule has 0 saturated carbocycles. The zero-order valence-electron chi connectivity index (χ0n) is 9.98. The first-order valence-electron chi connectivity index (χ1n) is 5.37. The quantitative estimate of drug-likeness (QED) is 0.691. The van der Waals surface area contributed by atoms with E-state index in [0.717, 1.165) is 0 Å². The van der Waals surface area contributed by atoms with Gasteiger partial charge in [0.15, 0.2) is 11.6 Å². The first-order valence-corrected chi connectivity index (χ1v) is 5.75. The highest BCUT2D eigenvalue weighted by Crippen LogP contribution is 2.20. The fraction of sp³-hybridized carbons (Fsp3) is 0.0769. The topological polar surface area (TPSA) is 51.2 Å². The van der Waals surface area contributed by atoms with E-state index in [2.05, 4.69) is 15.0 Å². The minimum atomic E-state index is -0.513. The van der Waals surface area contributed by atoms with E-state index in [-0.39, 0.29) is 11.0 Å². The van der Waals surface area contributed by atoms with Crippen LogP contribution in [0.25, 0.3) is 0 Å². The van der Waals surface area contributed by atoms with Crippen molar-refractivity contribution in [3.05, 3.63) is 52.9 Å². The first-order chi connectivity index (χ1) is 9.10. The van der Waals surface area contributed by atoms with Crippen molar-refractivity contribution in [2.45, 2.75) is 0 Å². The van der Waals surface area contributed by atoms with E-state index in [4.69, 9.17) is 11.6 Å². The molecule has 0 unspecified atom stereocenters. The monoisotopic (exact) mass is 280 g/mol. The minimum Gasteiger partial charge on any atom is -0.465 e. The molecule has 2 aromatic rings. The van der Waals surface area contributed by atoms with Crippen LogP contribution in [-0.4, -0.2) is 18.1 Å².